The molecule has 0 saturated carbocycles. The molecular weight excluding hydrogens is 260 g/mol. The van der Waals surface area contributed by atoms with Gasteiger partial charge in [-0.1, -0.05) is 17.7 Å². The van der Waals surface area contributed by atoms with Gasteiger partial charge in [0.2, 0.25) is 0 Å². The van der Waals surface area contributed by atoms with Crippen LogP contribution in [0, 0.1) is 0 Å². The quantitative estimate of drug-likeness (QED) is 0.511. The van der Waals surface area contributed by atoms with Gasteiger partial charge in [0.15, 0.2) is 5.69 Å². The summed E-state index contributed by atoms with van der Waals surface area (Å²) in [6.45, 7) is 0.246. The second-order valence-corrected chi connectivity index (χ2v) is 4.63. The van der Waals surface area contributed by atoms with Gasteiger partial charge in [0, 0.05) is 24.6 Å². The zero-order chi connectivity index (χ0) is 14.4. The Morgan fingerprint density at radius 2 is 2.15 bits per heavy atom. The standard InChI is InChI=1S/C14H18N2O4/c1-19-12(17)8-5-9-15-14(18)13-10-6-3-2-4-7-11(10)20-16-13/h5,8H,2-4,6-7,9H2,1H3,(H,15,18)/b8-5+. The molecule has 0 atom stereocenters. The van der Waals surface area contributed by atoms with Crippen LogP contribution in [0.5, 0.6) is 0 Å². The number of aryl methyl sites for hydroxylation is 1. The third-order valence-electron chi connectivity index (χ3n) is 3.25. The van der Waals surface area contributed by atoms with Gasteiger partial charge in [0.05, 0.1) is 7.11 Å². The molecule has 0 spiro atoms. The zero-order valence-corrected chi connectivity index (χ0v) is 11.5. The molecule has 1 heterocycles. The lowest BCUT2D eigenvalue weighted by molar-refractivity contribution is -0.134. The van der Waals surface area contributed by atoms with E-state index in [0.29, 0.717) is 5.69 Å². The highest BCUT2D eigenvalue weighted by Crippen LogP contribution is 2.23. The number of fused-ring (bicyclic) bond motifs is 1. The minimum atomic E-state index is -0.449. The van der Waals surface area contributed by atoms with E-state index in [1.54, 1.807) is 0 Å². The minimum absolute atomic E-state index is 0.246. The predicted octanol–water partition coefficient (Wildman–Crippen LogP) is 1.40. The number of ether oxygens (including phenoxy) is 1. The summed E-state index contributed by atoms with van der Waals surface area (Å²) in [7, 11) is 1.30. The van der Waals surface area contributed by atoms with Crippen LogP contribution < -0.4 is 5.32 Å². The van der Waals surface area contributed by atoms with Gasteiger partial charge < -0.3 is 14.6 Å². The fourth-order valence-electron chi connectivity index (χ4n) is 2.20. The molecular formula is C14H18N2O4. The number of amides is 1. The lowest BCUT2D eigenvalue weighted by Crippen LogP contribution is -2.25. The highest BCUT2D eigenvalue weighted by atomic mass is 16.5. The van der Waals surface area contributed by atoms with E-state index in [0.717, 1.165) is 43.4 Å². The van der Waals surface area contributed by atoms with Gasteiger partial charge in [-0.05, 0) is 19.3 Å². The first kappa shape index (κ1) is 14.3. The maximum absolute atomic E-state index is 12.0. The first-order valence-electron chi connectivity index (χ1n) is 6.72. The summed E-state index contributed by atoms with van der Waals surface area (Å²) >= 11 is 0. The Hall–Kier alpha value is -2.11. The smallest absolute Gasteiger partial charge is 0.330 e. The highest BCUT2D eigenvalue weighted by Gasteiger charge is 2.22. The molecule has 1 aliphatic rings. The summed E-state index contributed by atoms with van der Waals surface area (Å²) < 4.78 is 9.70. The molecule has 1 aromatic rings. The number of hydrogen-bond donors (Lipinski definition) is 1. The van der Waals surface area contributed by atoms with Crippen molar-refractivity contribution < 1.29 is 18.8 Å². The Balaban J connectivity index is 1.94. The predicted molar refractivity (Wildman–Crippen MR) is 71.3 cm³/mol. The molecule has 0 aliphatic heterocycles. The van der Waals surface area contributed by atoms with E-state index >= 15 is 0 Å². The van der Waals surface area contributed by atoms with E-state index in [1.165, 1.54) is 19.3 Å². The van der Waals surface area contributed by atoms with Crippen LogP contribution >= 0.6 is 0 Å². The first-order chi connectivity index (χ1) is 9.72. The third kappa shape index (κ3) is 3.46. The largest absolute Gasteiger partial charge is 0.466 e. The van der Waals surface area contributed by atoms with Crippen molar-refractivity contribution >= 4 is 11.9 Å². The van der Waals surface area contributed by atoms with E-state index in [9.17, 15) is 9.59 Å². The fraction of sp³-hybridized carbons (Fsp3) is 0.500. The summed E-state index contributed by atoms with van der Waals surface area (Å²) in [6.07, 6.45) is 7.75. The van der Waals surface area contributed by atoms with Crippen molar-refractivity contribution in [1.82, 2.24) is 10.5 Å². The number of carbonyl (C=O) groups is 2. The molecule has 1 N–H and O–H groups in total. The van der Waals surface area contributed by atoms with Crippen molar-refractivity contribution in [3.8, 4) is 0 Å². The maximum Gasteiger partial charge on any atom is 0.330 e. The van der Waals surface area contributed by atoms with Gasteiger partial charge in [-0.15, -0.1) is 0 Å². The number of rotatable bonds is 4. The molecule has 108 valence electrons. The summed E-state index contributed by atoms with van der Waals surface area (Å²) in [5.74, 6) is 0.110. The number of aromatic nitrogens is 1. The number of methoxy groups -OCH3 is 1. The van der Waals surface area contributed by atoms with Gasteiger partial charge >= 0.3 is 5.97 Å². The summed E-state index contributed by atoms with van der Waals surface area (Å²) in [5, 5.41) is 6.55. The molecule has 0 radical (unpaired) electrons. The number of nitrogens with zero attached hydrogens (tertiary/aromatic N) is 1. The Bertz CT molecular complexity index is 519. The number of hydrogen-bond acceptors (Lipinski definition) is 5. The van der Waals surface area contributed by atoms with Crippen LogP contribution in [0.3, 0.4) is 0 Å². The molecule has 1 amide bonds. The van der Waals surface area contributed by atoms with Crippen molar-refractivity contribution in [3.05, 3.63) is 29.2 Å². The highest BCUT2D eigenvalue weighted by molar-refractivity contribution is 5.94. The molecule has 0 fully saturated rings. The Labute approximate surface area is 117 Å². The molecule has 6 nitrogen and oxygen atoms in total. The summed E-state index contributed by atoms with van der Waals surface area (Å²) in [6, 6.07) is 0. The van der Waals surface area contributed by atoms with E-state index in [2.05, 4.69) is 15.2 Å². The second-order valence-electron chi connectivity index (χ2n) is 4.63. The van der Waals surface area contributed by atoms with Crippen molar-refractivity contribution in [2.75, 3.05) is 13.7 Å². The lowest BCUT2D eigenvalue weighted by Gasteiger charge is -2.01. The molecule has 1 aliphatic carbocycles. The summed E-state index contributed by atoms with van der Waals surface area (Å²) in [5.41, 5.74) is 1.30. The lowest BCUT2D eigenvalue weighted by atomic mass is 10.1. The van der Waals surface area contributed by atoms with Crippen molar-refractivity contribution in [3.63, 3.8) is 0 Å². The maximum atomic E-state index is 12.0. The van der Waals surface area contributed by atoms with Crippen molar-refractivity contribution in [1.29, 1.82) is 0 Å². The van der Waals surface area contributed by atoms with Crippen LogP contribution in [0.2, 0.25) is 0 Å². The third-order valence-corrected chi connectivity index (χ3v) is 3.25. The molecule has 1 aromatic heterocycles. The minimum Gasteiger partial charge on any atom is -0.466 e. The van der Waals surface area contributed by atoms with E-state index in [4.69, 9.17) is 4.52 Å². The first-order valence-corrected chi connectivity index (χ1v) is 6.72. The average molecular weight is 278 g/mol. The normalized spacial score (nSPS) is 14.7. The fourth-order valence-corrected chi connectivity index (χ4v) is 2.20. The van der Waals surface area contributed by atoms with Crippen molar-refractivity contribution in [2.45, 2.75) is 32.1 Å². The monoisotopic (exact) mass is 278 g/mol. The molecule has 0 saturated heterocycles. The van der Waals surface area contributed by atoms with Crippen molar-refractivity contribution in [2.24, 2.45) is 0 Å². The van der Waals surface area contributed by atoms with Gasteiger partial charge in [0.1, 0.15) is 5.76 Å². The average Bonchev–Trinajstić information content (AvgIpc) is 2.72. The molecule has 2 rings (SSSR count). The van der Waals surface area contributed by atoms with Gasteiger partial charge in [-0.3, -0.25) is 4.79 Å². The van der Waals surface area contributed by atoms with Gasteiger partial charge in [-0.25, -0.2) is 4.79 Å². The van der Waals surface area contributed by atoms with Gasteiger partial charge in [-0.2, -0.15) is 0 Å². The zero-order valence-electron chi connectivity index (χ0n) is 11.5. The van der Waals surface area contributed by atoms with E-state index < -0.39 is 5.97 Å². The second kappa shape index (κ2) is 6.88. The molecule has 0 unspecified atom stereocenters. The number of nitrogens with one attached hydrogen (secondary N) is 1. The van der Waals surface area contributed by atoms with E-state index in [1.807, 2.05) is 0 Å². The Morgan fingerprint density at radius 3 is 2.95 bits per heavy atom. The molecule has 6 heteroatoms. The van der Waals surface area contributed by atoms with E-state index in [-0.39, 0.29) is 12.5 Å². The number of esters is 1. The molecule has 20 heavy (non-hydrogen) atoms. The molecule has 0 bridgehead atoms. The van der Waals surface area contributed by atoms with Crippen LogP contribution in [0.25, 0.3) is 0 Å². The number of carbonyl (C=O) groups excluding carboxylic acids is 2. The topological polar surface area (TPSA) is 81.4 Å². The van der Waals surface area contributed by atoms with Crippen LogP contribution in [0.4, 0.5) is 0 Å². The summed E-state index contributed by atoms with van der Waals surface area (Å²) in [4.78, 5) is 22.9. The SMILES string of the molecule is COC(=O)/C=C/CNC(=O)c1noc2c1CCCCC2. The van der Waals surface area contributed by atoms with Gasteiger partial charge in [0.25, 0.3) is 5.91 Å². The molecule has 0 aromatic carbocycles. The Morgan fingerprint density at radius 1 is 1.35 bits per heavy atom. The van der Waals surface area contributed by atoms with Crippen LogP contribution in [-0.4, -0.2) is 30.7 Å². The van der Waals surface area contributed by atoms with Crippen LogP contribution in [0.1, 0.15) is 41.1 Å². The van der Waals surface area contributed by atoms with Crippen LogP contribution in [0.15, 0.2) is 16.7 Å². The Kier molecular flexibility index (Phi) is 4.92. The van der Waals surface area contributed by atoms with Crippen LogP contribution in [-0.2, 0) is 22.4 Å².